The predicted octanol–water partition coefficient (Wildman–Crippen LogP) is 2.59. The largest absolute Gasteiger partial charge is 0.264 e. The first-order valence-corrected chi connectivity index (χ1v) is 9.99. The number of aromatic nitrogens is 2. The summed E-state index contributed by atoms with van der Waals surface area (Å²) in [5.74, 6) is 0.0786. The standard InChI is InChI=1S/C14H18N4O2S2/c1-10-9-11(2)16-14(15-10)18-22(19,20)13-7-5-12(6-8-13)17-21(3)4/h5-9H,1-4H3,(H,15,16,18). The first kappa shape index (κ1) is 16.6. The molecule has 1 aromatic carbocycles. The molecule has 2 rings (SSSR count). The van der Waals surface area contributed by atoms with Gasteiger partial charge in [-0.1, -0.05) is 0 Å². The summed E-state index contributed by atoms with van der Waals surface area (Å²) in [6, 6.07) is 8.20. The average Bonchev–Trinajstić information content (AvgIpc) is 2.36. The third-order valence-electron chi connectivity index (χ3n) is 2.64. The number of rotatable bonds is 4. The van der Waals surface area contributed by atoms with Gasteiger partial charge in [0.2, 0.25) is 5.95 Å². The van der Waals surface area contributed by atoms with Crippen molar-refractivity contribution in [2.24, 2.45) is 4.36 Å². The van der Waals surface area contributed by atoms with Crippen LogP contribution in [0.5, 0.6) is 0 Å². The van der Waals surface area contributed by atoms with Crippen molar-refractivity contribution in [3.05, 3.63) is 41.7 Å². The van der Waals surface area contributed by atoms with Crippen LogP contribution in [0.2, 0.25) is 0 Å². The Morgan fingerprint density at radius 2 is 1.59 bits per heavy atom. The van der Waals surface area contributed by atoms with E-state index < -0.39 is 10.0 Å². The van der Waals surface area contributed by atoms with E-state index in [9.17, 15) is 8.42 Å². The molecule has 0 aliphatic heterocycles. The fourth-order valence-corrected chi connectivity index (χ4v) is 3.33. The second kappa shape index (κ2) is 6.53. The first-order chi connectivity index (χ1) is 10.3. The van der Waals surface area contributed by atoms with Gasteiger partial charge in [-0.15, -0.1) is 10.7 Å². The molecule has 118 valence electrons. The number of nitrogens with zero attached hydrogens (tertiary/aromatic N) is 3. The van der Waals surface area contributed by atoms with Crippen molar-refractivity contribution in [1.29, 1.82) is 0 Å². The van der Waals surface area contributed by atoms with Gasteiger partial charge in [0.25, 0.3) is 10.0 Å². The van der Waals surface area contributed by atoms with Gasteiger partial charge < -0.3 is 0 Å². The lowest BCUT2D eigenvalue weighted by molar-refractivity contribution is 0.601. The van der Waals surface area contributed by atoms with E-state index in [1.54, 1.807) is 32.0 Å². The summed E-state index contributed by atoms with van der Waals surface area (Å²) in [6.45, 7) is 3.57. The molecule has 0 fully saturated rings. The second-order valence-corrected chi connectivity index (χ2v) is 8.35. The van der Waals surface area contributed by atoms with Gasteiger partial charge >= 0.3 is 0 Å². The first-order valence-electron chi connectivity index (χ1n) is 6.51. The van der Waals surface area contributed by atoms with Crippen LogP contribution >= 0.6 is 0 Å². The molecule has 0 radical (unpaired) electrons. The third kappa shape index (κ3) is 4.35. The molecular formula is C14H18N4O2S2. The number of aryl methyl sites for hydroxylation is 2. The zero-order valence-electron chi connectivity index (χ0n) is 12.9. The predicted molar refractivity (Wildman–Crippen MR) is 90.1 cm³/mol. The Hall–Kier alpha value is -1.80. The van der Waals surface area contributed by atoms with Crippen molar-refractivity contribution >= 4 is 32.4 Å². The highest BCUT2D eigenvalue weighted by Crippen LogP contribution is 2.19. The molecule has 0 atom stereocenters. The number of sulfonamides is 1. The van der Waals surface area contributed by atoms with Crippen molar-refractivity contribution in [2.45, 2.75) is 18.7 Å². The molecule has 22 heavy (non-hydrogen) atoms. The average molecular weight is 338 g/mol. The van der Waals surface area contributed by atoms with Crippen LogP contribution in [-0.2, 0) is 20.7 Å². The SMILES string of the molecule is Cc1cc(C)nc(NS(=O)(=O)c2ccc(N=S(C)C)cc2)n1. The summed E-state index contributed by atoms with van der Waals surface area (Å²) in [4.78, 5) is 8.32. The maximum Gasteiger partial charge on any atom is 0.264 e. The number of benzene rings is 1. The van der Waals surface area contributed by atoms with E-state index in [0.717, 1.165) is 5.69 Å². The van der Waals surface area contributed by atoms with Crippen LogP contribution in [0.25, 0.3) is 0 Å². The molecule has 0 amide bonds. The highest BCUT2D eigenvalue weighted by atomic mass is 32.2. The van der Waals surface area contributed by atoms with Crippen LogP contribution in [0.15, 0.2) is 39.6 Å². The molecule has 6 nitrogen and oxygen atoms in total. The van der Waals surface area contributed by atoms with E-state index >= 15 is 0 Å². The minimum absolute atomic E-state index is 0.0786. The lowest BCUT2D eigenvalue weighted by atomic mass is 10.3. The monoisotopic (exact) mass is 338 g/mol. The van der Waals surface area contributed by atoms with Gasteiger partial charge in [0.15, 0.2) is 0 Å². The van der Waals surface area contributed by atoms with Crippen LogP contribution in [0.3, 0.4) is 0 Å². The minimum atomic E-state index is -3.71. The van der Waals surface area contributed by atoms with Gasteiger partial charge in [0, 0.05) is 11.4 Å². The maximum absolute atomic E-state index is 12.3. The molecule has 0 aliphatic rings. The van der Waals surface area contributed by atoms with E-state index in [2.05, 4.69) is 19.1 Å². The molecule has 1 N–H and O–H groups in total. The van der Waals surface area contributed by atoms with Crippen LogP contribution in [-0.4, -0.2) is 30.9 Å². The quantitative estimate of drug-likeness (QED) is 0.928. The summed E-state index contributed by atoms with van der Waals surface area (Å²) in [6.07, 6.45) is 3.98. The zero-order chi connectivity index (χ0) is 16.3. The Morgan fingerprint density at radius 1 is 1.05 bits per heavy atom. The van der Waals surface area contributed by atoms with Crippen molar-refractivity contribution in [3.63, 3.8) is 0 Å². The molecule has 0 spiro atoms. The summed E-state index contributed by atoms with van der Waals surface area (Å²) < 4.78 is 31.5. The Kier molecular flexibility index (Phi) is 4.92. The fourth-order valence-electron chi connectivity index (χ4n) is 1.85. The summed E-state index contributed by atoms with van der Waals surface area (Å²) in [5.41, 5.74) is 2.17. The second-order valence-electron chi connectivity index (χ2n) is 4.94. The maximum atomic E-state index is 12.3. The molecule has 8 heteroatoms. The van der Waals surface area contributed by atoms with Gasteiger partial charge in [-0.2, -0.15) is 0 Å². The van der Waals surface area contributed by atoms with Crippen molar-refractivity contribution in [2.75, 3.05) is 17.2 Å². The highest BCUT2D eigenvalue weighted by molar-refractivity contribution is 7.92. The van der Waals surface area contributed by atoms with Crippen molar-refractivity contribution < 1.29 is 8.42 Å². The van der Waals surface area contributed by atoms with Gasteiger partial charge in [-0.05, 0) is 56.7 Å². The Labute approximate surface area is 133 Å². The van der Waals surface area contributed by atoms with Gasteiger partial charge in [0.1, 0.15) is 0 Å². The molecule has 0 saturated heterocycles. The minimum Gasteiger partial charge on any atom is -0.247 e. The molecule has 0 unspecified atom stereocenters. The normalized spacial score (nSPS) is 11.5. The molecule has 0 aliphatic carbocycles. The molecule has 0 saturated carbocycles. The molecule has 0 bridgehead atoms. The lowest BCUT2D eigenvalue weighted by Gasteiger charge is -2.08. The molecule has 1 aromatic heterocycles. The van der Waals surface area contributed by atoms with E-state index in [1.807, 2.05) is 12.5 Å². The van der Waals surface area contributed by atoms with E-state index in [-0.39, 0.29) is 21.5 Å². The number of nitrogens with one attached hydrogen (secondary N) is 1. The van der Waals surface area contributed by atoms with Gasteiger partial charge in [-0.25, -0.2) is 27.5 Å². The molecular weight excluding hydrogens is 320 g/mol. The molecule has 2 aromatic rings. The van der Waals surface area contributed by atoms with E-state index in [1.165, 1.54) is 12.1 Å². The summed E-state index contributed by atoms with van der Waals surface area (Å²) in [5, 5.41) is 0. The van der Waals surface area contributed by atoms with Crippen LogP contribution in [0, 0.1) is 13.8 Å². The lowest BCUT2D eigenvalue weighted by Crippen LogP contribution is -2.15. The van der Waals surface area contributed by atoms with Crippen molar-refractivity contribution in [1.82, 2.24) is 9.97 Å². The molecule has 1 heterocycles. The van der Waals surface area contributed by atoms with Crippen LogP contribution < -0.4 is 4.72 Å². The van der Waals surface area contributed by atoms with E-state index in [4.69, 9.17) is 0 Å². The Bertz CT molecular complexity index is 791. The highest BCUT2D eigenvalue weighted by Gasteiger charge is 2.16. The Morgan fingerprint density at radius 3 is 2.09 bits per heavy atom. The topological polar surface area (TPSA) is 84.3 Å². The van der Waals surface area contributed by atoms with E-state index in [0.29, 0.717) is 11.4 Å². The van der Waals surface area contributed by atoms with Crippen LogP contribution in [0.1, 0.15) is 11.4 Å². The fraction of sp³-hybridized carbons (Fsp3) is 0.286. The number of anilines is 1. The van der Waals surface area contributed by atoms with Crippen molar-refractivity contribution in [3.8, 4) is 0 Å². The van der Waals surface area contributed by atoms with Crippen LogP contribution in [0.4, 0.5) is 11.6 Å². The third-order valence-corrected chi connectivity index (χ3v) is 4.56. The van der Waals surface area contributed by atoms with Gasteiger partial charge in [0.05, 0.1) is 10.6 Å². The smallest absolute Gasteiger partial charge is 0.247 e. The Balaban J connectivity index is 2.28. The zero-order valence-corrected chi connectivity index (χ0v) is 14.5. The van der Waals surface area contributed by atoms with Gasteiger partial charge in [-0.3, -0.25) is 0 Å². The summed E-state index contributed by atoms with van der Waals surface area (Å²) >= 11 is 0. The number of hydrogen-bond donors (Lipinski definition) is 1. The summed E-state index contributed by atoms with van der Waals surface area (Å²) in [7, 11) is -3.80. The number of hydrogen-bond acceptors (Lipinski definition) is 5.